The van der Waals surface area contributed by atoms with Gasteiger partial charge < -0.3 is 0 Å². The predicted molar refractivity (Wildman–Crippen MR) is 66.3 cm³/mol. The number of rotatable bonds is 3. The first-order valence-electron chi connectivity index (χ1n) is 5.49. The van der Waals surface area contributed by atoms with Crippen molar-refractivity contribution in [2.45, 2.75) is 20.3 Å². The molecule has 1 aromatic heterocycles. The molecule has 2 aromatic rings. The SMILES string of the molecule is CCc1n[nH]c(=O)n1/N=C(/C)c1ccccc1. The van der Waals surface area contributed by atoms with Gasteiger partial charge in [0.2, 0.25) is 0 Å². The molecule has 0 aliphatic rings. The molecule has 0 amide bonds. The van der Waals surface area contributed by atoms with Gasteiger partial charge in [-0.25, -0.2) is 9.89 Å². The molecule has 0 bridgehead atoms. The van der Waals surface area contributed by atoms with Crippen molar-refractivity contribution >= 4 is 5.71 Å². The summed E-state index contributed by atoms with van der Waals surface area (Å²) in [5, 5.41) is 10.6. The Bertz CT molecular complexity index is 580. The number of H-pyrrole nitrogens is 1. The zero-order valence-electron chi connectivity index (χ0n) is 9.84. The molecular formula is C12H14N4O. The molecule has 0 fully saturated rings. The van der Waals surface area contributed by atoms with Gasteiger partial charge in [-0.2, -0.15) is 14.9 Å². The maximum atomic E-state index is 11.5. The summed E-state index contributed by atoms with van der Waals surface area (Å²) in [6.45, 7) is 3.80. The highest BCUT2D eigenvalue weighted by Gasteiger charge is 2.05. The van der Waals surface area contributed by atoms with Gasteiger partial charge in [0, 0.05) is 6.42 Å². The number of nitrogens with zero attached hydrogens (tertiary/aromatic N) is 3. The smallest absolute Gasteiger partial charge is 0.244 e. The first kappa shape index (κ1) is 11.3. The fourth-order valence-corrected chi connectivity index (χ4v) is 1.54. The van der Waals surface area contributed by atoms with Gasteiger partial charge in [-0.3, -0.25) is 0 Å². The minimum Gasteiger partial charge on any atom is -0.244 e. The van der Waals surface area contributed by atoms with Crippen molar-refractivity contribution in [3.8, 4) is 0 Å². The van der Waals surface area contributed by atoms with Gasteiger partial charge in [-0.15, -0.1) is 0 Å². The fraction of sp³-hybridized carbons (Fsp3) is 0.250. The van der Waals surface area contributed by atoms with Crippen LogP contribution in [0.25, 0.3) is 0 Å². The Morgan fingerprint density at radius 2 is 2.12 bits per heavy atom. The monoisotopic (exact) mass is 230 g/mol. The van der Waals surface area contributed by atoms with Crippen molar-refractivity contribution in [2.75, 3.05) is 0 Å². The summed E-state index contributed by atoms with van der Waals surface area (Å²) in [6.07, 6.45) is 0.657. The standard InChI is InChI=1S/C12H14N4O/c1-3-11-13-14-12(17)16(11)15-9(2)10-7-5-4-6-8-10/h4-8H,3H2,1-2H3,(H,14,17)/b15-9-. The molecule has 5 heteroatoms. The molecule has 0 unspecified atom stereocenters. The second kappa shape index (κ2) is 4.78. The van der Waals surface area contributed by atoms with E-state index < -0.39 is 0 Å². The first-order valence-corrected chi connectivity index (χ1v) is 5.49. The number of aryl methyl sites for hydroxylation is 1. The second-order valence-electron chi connectivity index (χ2n) is 3.66. The quantitative estimate of drug-likeness (QED) is 0.810. The Hall–Kier alpha value is -2.17. The molecule has 17 heavy (non-hydrogen) atoms. The van der Waals surface area contributed by atoms with E-state index in [-0.39, 0.29) is 5.69 Å². The summed E-state index contributed by atoms with van der Waals surface area (Å²) in [5.41, 5.74) is 1.46. The molecule has 0 saturated carbocycles. The Morgan fingerprint density at radius 3 is 2.76 bits per heavy atom. The first-order chi connectivity index (χ1) is 8.22. The summed E-state index contributed by atoms with van der Waals surface area (Å²) in [7, 11) is 0. The third-order valence-electron chi connectivity index (χ3n) is 2.48. The molecule has 1 N–H and O–H groups in total. The van der Waals surface area contributed by atoms with Crippen LogP contribution in [0.3, 0.4) is 0 Å². The van der Waals surface area contributed by atoms with Gasteiger partial charge in [-0.05, 0) is 12.5 Å². The summed E-state index contributed by atoms with van der Waals surface area (Å²) in [6, 6.07) is 9.73. The summed E-state index contributed by atoms with van der Waals surface area (Å²) in [4.78, 5) is 11.5. The van der Waals surface area contributed by atoms with Crippen LogP contribution in [0.1, 0.15) is 25.2 Å². The third-order valence-corrected chi connectivity index (χ3v) is 2.48. The van der Waals surface area contributed by atoms with Crippen molar-refractivity contribution in [3.05, 3.63) is 52.2 Å². The molecule has 0 aliphatic heterocycles. The van der Waals surface area contributed by atoms with Gasteiger partial charge in [0.15, 0.2) is 5.82 Å². The van der Waals surface area contributed by atoms with Gasteiger partial charge in [0.25, 0.3) is 0 Å². The average Bonchev–Trinajstić information content (AvgIpc) is 2.71. The van der Waals surface area contributed by atoms with E-state index in [1.807, 2.05) is 44.2 Å². The minimum absolute atomic E-state index is 0.308. The maximum Gasteiger partial charge on any atom is 0.364 e. The zero-order chi connectivity index (χ0) is 12.3. The van der Waals surface area contributed by atoms with E-state index in [0.717, 1.165) is 11.3 Å². The predicted octanol–water partition coefficient (Wildman–Crippen LogP) is 1.41. The highest BCUT2D eigenvalue weighted by molar-refractivity contribution is 5.98. The lowest BCUT2D eigenvalue weighted by Crippen LogP contribution is -2.16. The molecule has 0 aliphatic carbocycles. The molecule has 1 aromatic carbocycles. The molecule has 2 rings (SSSR count). The van der Waals surface area contributed by atoms with E-state index in [1.165, 1.54) is 4.68 Å². The highest BCUT2D eigenvalue weighted by Crippen LogP contribution is 2.02. The third kappa shape index (κ3) is 2.33. The van der Waals surface area contributed by atoms with Gasteiger partial charge in [0.05, 0.1) is 5.71 Å². The largest absolute Gasteiger partial charge is 0.364 e. The van der Waals surface area contributed by atoms with Gasteiger partial charge in [-0.1, -0.05) is 37.3 Å². The Kier molecular flexibility index (Phi) is 3.18. The number of hydrogen-bond donors (Lipinski definition) is 1. The molecule has 5 nitrogen and oxygen atoms in total. The fourth-order valence-electron chi connectivity index (χ4n) is 1.54. The van der Waals surface area contributed by atoms with Crippen LogP contribution in [-0.2, 0) is 6.42 Å². The molecular weight excluding hydrogens is 216 g/mol. The summed E-state index contributed by atoms with van der Waals surface area (Å²) >= 11 is 0. The van der Waals surface area contributed by atoms with Crippen LogP contribution in [0.15, 0.2) is 40.2 Å². The number of nitrogens with one attached hydrogen (secondary N) is 1. The van der Waals surface area contributed by atoms with Crippen molar-refractivity contribution in [3.63, 3.8) is 0 Å². The second-order valence-corrected chi connectivity index (χ2v) is 3.66. The molecule has 0 radical (unpaired) electrons. The normalized spacial score (nSPS) is 11.8. The molecule has 1 heterocycles. The van der Waals surface area contributed by atoms with E-state index in [4.69, 9.17) is 0 Å². The van der Waals surface area contributed by atoms with Crippen LogP contribution in [0.5, 0.6) is 0 Å². The van der Waals surface area contributed by atoms with E-state index in [1.54, 1.807) is 0 Å². The van der Waals surface area contributed by atoms with Crippen LogP contribution < -0.4 is 5.69 Å². The van der Waals surface area contributed by atoms with Crippen LogP contribution >= 0.6 is 0 Å². The Labute approximate surface area is 98.8 Å². The van der Waals surface area contributed by atoms with Crippen LogP contribution in [0, 0.1) is 0 Å². The number of aromatic nitrogens is 3. The van der Waals surface area contributed by atoms with E-state index >= 15 is 0 Å². The molecule has 88 valence electrons. The molecule has 0 saturated heterocycles. The zero-order valence-corrected chi connectivity index (χ0v) is 9.84. The lowest BCUT2D eigenvalue weighted by Gasteiger charge is -2.01. The lowest BCUT2D eigenvalue weighted by atomic mass is 10.1. The number of benzene rings is 1. The van der Waals surface area contributed by atoms with Crippen molar-refractivity contribution < 1.29 is 0 Å². The van der Waals surface area contributed by atoms with Crippen molar-refractivity contribution in [2.24, 2.45) is 5.10 Å². The molecule has 0 atom stereocenters. The lowest BCUT2D eigenvalue weighted by molar-refractivity contribution is 0.761. The summed E-state index contributed by atoms with van der Waals surface area (Å²) < 4.78 is 1.31. The topological polar surface area (TPSA) is 63.0 Å². The van der Waals surface area contributed by atoms with E-state index in [2.05, 4.69) is 15.3 Å². The van der Waals surface area contributed by atoms with Crippen LogP contribution in [-0.4, -0.2) is 20.6 Å². The van der Waals surface area contributed by atoms with Crippen molar-refractivity contribution in [1.82, 2.24) is 14.9 Å². The van der Waals surface area contributed by atoms with Crippen LogP contribution in [0.2, 0.25) is 0 Å². The number of aromatic amines is 1. The maximum absolute atomic E-state index is 11.5. The minimum atomic E-state index is -0.308. The molecule has 0 spiro atoms. The summed E-state index contributed by atoms with van der Waals surface area (Å²) in [5.74, 6) is 0.630. The Morgan fingerprint density at radius 1 is 1.41 bits per heavy atom. The van der Waals surface area contributed by atoms with E-state index in [0.29, 0.717) is 12.2 Å². The Balaban J connectivity index is 2.43. The number of hydrogen-bond acceptors (Lipinski definition) is 3. The van der Waals surface area contributed by atoms with Gasteiger partial charge >= 0.3 is 5.69 Å². The van der Waals surface area contributed by atoms with Gasteiger partial charge in [0.1, 0.15) is 0 Å². The van der Waals surface area contributed by atoms with E-state index in [9.17, 15) is 4.79 Å². The van der Waals surface area contributed by atoms with Crippen LogP contribution in [0.4, 0.5) is 0 Å². The average molecular weight is 230 g/mol. The van der Waals surface area contributed by atoms with Crippen molar-refractivity contribution in [1.29, 1.82) is 0 Å². The highest BCUT2D eigenvalue weighted by atomic mass is 16.2.